The number of hydrogen-bond acceptors (Lipinski definition) is 1. The van der Waals surface area contributed by atoms with Gasteiger partial charge in [-0.1, -0.05) is 139 Å². The fraction of sp³-hybridized carbons (Fsp3) is 0. The predicted molar refractivity (Wildman–Crippen MR) is 163 cm³/mol. The standard InChI is InChI=1S/C36H26BN/c1-4-15-27(16-5-1)30-21-10-11-23-32(30)37-33-24-12-13-25-34(33)38(29-19-8-3-9-20-29)35-26-14-22-31(36(35)37)28-17-6-2-7-18-28/h1-26H. The van der Waals surface area contributed by atoms with E-state index in [1.807, 2.05) is 0 Å². The van der Waals surface area contributed by atoms with Crippen molar-refractivity contribution in [3.63, 3.8) is 0 Å². The molecule has 0 radical (unpaired) electrons. The van der Waals surface area contributed by atoms with Gasteiger partial charge >= 0.3 is 0 Å². The summed E-state index contributed by atoms with van der Waals surface area (Å²) in [6.45, 7) is 0.0778. The average molecular weight is 483 g/mol. The zero-order chi connectivity index (χ0) is 25.3. The summed E-state index contributed by atoms with van der Waals surface area (Å²) in [4.78, 5) is 2.43. The molecule has 0 aromatic heterocycles. The van der Waals surface area contributed by atoms with Crippen molar-refractivity contribution in [2.45, 2.75) is 0 Å². The molecule has 38 heavy (non-hydrogen) atoms. The van der Waals surface area contributed by atoms with E-state index in [1.165, 1.54) is 55.7 Å². The molecule has 0 spiro atoms. The molecule has 0 unspecified atom stereocenters. The molecule has 0 saturated carbocycles. The lowest BCUT2D eigenvalue weighted by atomic mass is 9.33. The number of para-hydroxylation sites is 2. The zero-order valence-electron chi connectivity index (χ0n) is 21.0. The number of hydrogen-bond donors (Lipinski definition) is 0. The van der Waals surface area contributed by atoms with Crippen molar-refractivity contribution in [2.24, 2.45) is 0 Å². The van der Waals surface area contributed by atoms with Crippen LogP contribution in [0, 0.1) is 0 Å². The Bertz CT molecular complexity index is 1710. The van der Waals surface area contributed by atoms with Crippen LogP contribution >= 0.6 is 0 Å². The highest BCUT2D eigenvalue weighted by molar-refractivity contribution is 6.99. The molecular formula is C36H26BN. The van der Waals surface area contributed by atoms with Gasteiger partial charge in [-0.3, -0.25) is 0 Å². The van der Waals surface area contributed by atoms with Gasteiger partial charge in [0.1, 0.15) is 0 Å². The lowest BCUT2D eigenvalue weighted by Gasteiger charge is -2.38. The summed E-state index contributed by atoms with van der Waals surface area (Å²) >= 11 is 0. The quantitative estimate of drug-likeness (QED) is 0.237. The maximum absolute atomic E-state index is 2.43. The smallest absolute Gasteiger partial charge is 0.248 e. The molecule has 2 heteroatoms. The van der Waals surface area contributed by atoms with Gasteiger partial charge in [-0.25, -0.2) is 0 Å². The summed E-state index contributed by atoms with van der Waals surface area (Å²) in [6.07, 6.45) is 0. The Kier molecular flexibility index (Phi) is 5.64. The summed E-state index contributed by atoms with van der Waals surface area (Å²) in [5.74, 6) is 0. The highest BCUT2D eigenvalue weighted by Gasteiger charge is 2.37. The van der Waals surface area contributed by atoms with Crippen LogP contribution < -0.4 is 21.3 Å². The number of anilines is 3. The summed E-state index contributed by atoms with van der Waals surface area (Å²) < 4.78 is 0. The summed E-state index contributed by atoms with van der Waals surface area (Å²) in [7, 11) is 0. The van der Waals surface area contributed by atoms with Gasteiger partial charge in [-0.05, 0) is 57.4 Å². The molecule has 1 heterocycles. The molecule has 178 valence electrons. The van der Waals surface area contributed by atoms with Crippen LogP contribution in [0.5, 0.6) is 0 Å². The van der Waals surface area contributed by atoms with E-state index in [9.17, 15) is 0 Å². The minimum Gasteiger partial charge on any atom is -0.312 e. The van der Waals surface area contributed by atoms with Gasteiger partial charge in [-0.15, -0.1) is 0 Å². The summed E-state index contributed by atoms with van der Waals surface area (Å²) in [5, 5.41) is 0. The molecule has 1 aliphatic heterocycles. The van der Waals surface area contributed by atoms with Crippen molar-refractivity contribution in [3.8, 4) is 22.3 Å². The van der Waals surface area contributed by atoms with E-state index in [0.717, 1.165) is 0 Å². The Hall–Kier alpha value is -4.82. The van der Waals surface area contributed by atoms with E-state index in [-0.39, 0.29) is 6.71 Å². The molecule has 0 saturated heterocycles. The van der Waals surface area contributed by atoms with E-state index < -0.39 is 0 Å². The van der Waals surface area contributed by atoms with E-state index in [2.05, 4.69) is 163 Å². The van der Waals surface area contributed by atoms with Crippen LogP contribution in [-0.4, -0.2) is 6.71 Å². The van der Waals surface area contributed by atoms with Crippen LogP contribution in [0.15, 0.2) is 158 Å². The van der Waals surface area contributed by atoms with Crippen LogP contribution in [0.2, 0.25) is 0 Å². The Morgan fingerprint density at radius 2 is 0.868 bits per heavy atom. The molecule has 0 bridgehead atoms. The SMILES string of the molecule is c1ccc(-c2ccccc2B2c3ccccc3N(c3ccccc3)c3cccc(-c4ccccc4)c32)cc1. The van der Waals surface area contributed by atoms with Crippen molar-refractivity contribution in [1.82, 2.24) is 0 Å². The van der Waals surface area contributed by atoms with E-state index in [1.54, 1.807) is 0 Å². The number of rotatable bonds is 4. The number of benzene rings is 6. The second-order valence-corrected chi connectivity index (χ2v) is 9.72. The molecular weight excluding hydrogens is 457 g/mol. The number of fused-ring (bicyclic) bond motifs is 2. The van der Waals surface area contributed by atoms with Gasteiger partial charge in [0.15, 0.2) is 0 Å². The second-order valence-electron chi connectivity index (χ2n) is 9.72. The van der Waals surface area contributed by atoms with Gasteiger partial charge in [0.05, 0.1) is 0 Å². The molecule has 0 N–H and O–H groups in total. The first-order valence-electron chi connectivity index (χ1n) is 13.2. The van der Waals surface area contributed by atoms with Crippen molar-refractivity contribution in [1.29, 1.82) is 0 Å². The molecule has 0 aliphatic carbocycles. The van der Waals surface area contributed by atoms with Gasteiger partial charge in [0, 0.05) is 17.1 Å². The fourth-order valence-corrected chi connectivity index (χ4v) is 5.95. The van der Waals surface area contributed by atoms with Gasteiger partial charge in [0.2, 0.25) is 6.71 Å². The third kappa shape index (κ3) is 3.74. The zero-order valence-corrected chi connectivity index (χ0v) is 21.0. The molecule has 0 atom stereocenters. The fourth-order valence-electron chi connectivity index (χ4n) is 5.95. The molecule has 0 amide bonds. The predicted octanol–water partition coefficient (Wildman–Crippen LogP) is 7.32. The van der Waals surface area contributed by atoms with Crippen molar-refractivity contribution in [3.05, 3.63) is 158 Å². The topological polar surface area (TPSA) is 3.24 Å². The first-order chi connectivity index (χ1) is 18.9. The monoisotopic (exact) mass is 483 g/mol. The van der Waals surface area contributed by atoms with E-state index in [0.29, 0.717) is 0 Å². The second kappa shape index (κ2) is 9.57. The maximum atomic E-state index is 2.43. The first kappa shape index (κ1) is 22.4. The molecule has 1 aliphatic rings. The van der Waals surface area contributed by atoms with E-state index in [4.69, 9.17) is 0 Å². The molecule has 6 aromatic carbocycles. The van der Waals surface area contributed by atoms with Crippen LogP contribution in [0.1, 0.15) is 0 Å². The highest BCUT2D eigenvalue weighted by Crippen LogP contribution is 2.38. The van der Waals surface area contributed by atoms with Crippen molar-refractivity contribution < 1.29 is 0 Å². The Morgan fingerprint density at radius 1 is 0.368 bits per heavy atom. The van der Waals surface area contributed by atoms with Crippen molar-refractivity contribution >= 4 is 40.2 Å². The molecule has 1 nitrogen and oxygen atoms in total. The van der Waals surface area contributed by atoms with Crippen LogP contribution in [0.25, 0.3) is 22.3 Å². The summed E-state index contributed by atoms with van der Waals surface area (Å²) in [6, 6.07) is 56.9. The minimum atomic E-state index is 0.0778. The van der Waals surface area contributed by atoms with Gasteiger partial charge in [-0.2, -0.15) is 0 Å². The Morgan fingerprint density at radius 3 is 1.58 bits per heavy atom. The van der Waals surface area contributed by atoms with Gasteiger partial charge < -0.3 is 4.90 Å². The maximum Gasteiger partial charge on any atom is 0.248 e. The van der Waals surface area contributed by atoms with Crippen molar-refractivity contribution in [2.75, 3.05) is 4.90 Å². The summed E-state index contributed by atoms with van der Waals surface area (Å²) in [5.41, 5.74) is 12.6. The number of nitrogens with zero attached hydrogens (tertiary/aromatic N) is 1. The largest absolute Gasteiger partial charge is 0.312 e. The minimum absolute atomic E-state index is 0.0778. The molecule has 7 rings (SSSR count). The Labute approximate surface area is 224 Å². The van der Waals surface area contributed by atoms with Crippen LogP contribution in [0.4, 0.5) is 17.1 Å². The third-order valence-electron chi connectivity index (χ3n) is 7.56. The van der Waals surface area contributed by atoms with Crippen LogP contribution in [0.3, 0.4) is 0 Å². The molecule has 0 fully saturated rings. The molecule has 6 aromatic rings. The lowest BCUT2D eigenvalue weighted by molar-refractivity contribution is 1.29. The highest BCUT2D eigenvalue weighted by atomic mass is 15.1. The lowest BCUT2D eigenvalue weighted by Crippen LogP contribution is -2.58. The third-order valence-corrected chi connectivity index (χ3v) is 7.56. The first-order valence-corrected chi connectivity index (χ1v) is 13.2. The van der Waals surface area contributed by atoms with Crippen LogP contribution in [-0.2, 0) is 0 Å². The Balaban J connectivity index is 1.57. The average Bonchev–Trinajstić information content (AvgIpc) is 3.01. The van der Waals surface area contributed by atoms with E-state index >= 15 is 0 Å². The van der Waals surface area contributed by atoms with Gasteiger partial charge in [0.25, 0.3) is 0 Å². The normalized spacial score (nSPS) is 12.1.